The van der Waals surface area contributed by atoms with E-state index in [0.717, 1.165) is 27.3 Å². The number of thioether (sulfide) groups is 1. The average molecular weight is 341 g/mol. The van der Waals surface area contributed by atoms with E-state index in [0.29, 0.717) is 0 Å². The second-order valence-corrected chi connectivity index (χ2v) is 7.15. The van der Waals surface area contributed by atoms with Crippen molar-refractivity contribution in [2.45, 2.75) is 37.0 Å². The third-order valence-electron chi connectivity index (χ3n) is 3.88. The summed E-state index contributed by atoms with van der Waals surface area (Å²) in [5.74, 6) is -0.763. The van der Waals surface area contributed by atoms with Gasteiger partial charge in [0.05, 0.1) is 10.9 Å². The minimum absolute atomic E-state index is 0.294. The Labute approximate surface area is 145 Å². The zero-order valence-electron chi connectivity index (χ0n) is 13.8. The molecule has 0 saturated heterocycles. The summed E-state index contributed by atoms with van der Waals surface area (Å²) in [6, 6.07) is 13.8. The smallest absolute Gasteiger partial charge is 0.303 e. The minimum atomic E-state index is -0.872. The first-order chi connectivity index (χ1) is 11.4. The highest BCUT2D eigenvalue weighted by Crippen LogP contribution is 2.45. The van der Waals surface area contributed by atoms with E-state index in [1.165, 1.54) is 6.92 Å². The summed E-state index contributed by atoms with van der Waals surface area (Å²) in [5, 5.41) is 2.59. The Kier molecular flexibility index (Phi) is 4.62. The van der Waals surface area contributed by atoms with Gasteiger partial charge < -0.3 is 10.1 Å². The van der Waals surface area contributed by atoms with E-state index in [-0.39, 0.29) is 11.2 Å². The summed E-state index contributed by atoms with van der Waals surface area (Å²) >= 11 is 1.54. The van der Waals surface area contributed by atoms with Gasteiger partial charge in [0.25, 0.3) is 5.91 Å². The van der Waals surface area contributed by atoms with Crippen LogP contribution in [0.3, 0.4) is 0 Å². The van der Waals surface area contributed by atoms with Crippen LogP contribution in [0.2, 0.25) is 0 Å². The van der Waals surface area contributed by atoms with Crippen molar-refractivity contribution in [1.29, 1.82) is 0 Å². The number of hydrogen-bond donors (Lipinski definition) is 1. The molecule has 0 fully saturated rings. The Bertz CT molecular complexity index is 786. The molecule has 2 atom stereocenters. The summed E-state index contributed by atoms with van der Waals surface area (Å²) in [6.45, 7) is 5.35. The van der Waals surface area contributed by atoms with Gasteiger partial charge in [0.1, 0.15) is 0 Å². The molecule has 0 aliphatic carbocycles. The number of carbonyl (C=O) groups excluding carboxylic acids is 2. The highest BCUT2D eigenvalue weighted by Gasteiger charge is 2.36. The fraction of sp³-hybridized carbons (Fsp3) is 0.263. The number of aryl methyl sites for hydroxylation is 2. The van der Waals surface area contributed by atoms with Crippen molar-refractivity contribution < 1.29 is 14.3 Å². The Morgan fingerprint density at radius 1 is 1.08 bits per heavy atom. The van der Waals surface area contributed by atoms with Crippen LogP contribution >= 0.6 is 11.8 Å². The molecule has 1 N–H and O–H groups in total. The molecule has 0 spiro atoms. The van der Waals surface area contributed by atoms with E-state index in [9.17, 15) is 9.59 Å². The van der Waals surface area contributed by atoms with Gasteiger partial charge in [-0.3, -0.25) is 9.59 Å². The maximum Gasteiger partial charge on any atom is 0.303 e. The van der Waals surface area contributed by atoms with Crippen LogP contribution in [-0.4, -0.2) is 18.0 Å². The summed E-state index contributed by atoms with van der Waals surface area (Å²) in [7, 11) is 0. The van der Waals surface area contributed by atoms with Crippen molar-refractivity contribution in [2.75, 3.05) is 5.32 Å². The number of amides is 1. The summed E-state index contributed by atoms with van der Waals surface area (Å²) in [5.41, 5.74) is 3.97. The van der Waals surface area contributed by atoms with Crippen LogP contribution in [-0.2, 0) is 14.3 Å². The topological polar surface area (TPSA) is 55.4 Å². The molecule has 0 bridgehead atoms. The number of carbonyl (C=O) groups is 2. The van der Waals surface area contributed by atoms with E-state index >= 15 is 0 Å². The molecule has 0 unspecified atom stereocenters. The molecule has 1 aliphatic heterocycles. The molecule has 5 heteroatoms. The highest BCUT2D eigenvalue weighted by molar-refractivity contribution is 7.99. The average Bonchev–Trinajstić information content (AvgIpc) is 2.65. The SMILES string of the molecule is CC(=O)O[C@H]1C(=O)Nc2ccc(C)cc2S[C@H]1c1ccc(C)cc1. The Morgan fingerprint density at radius 3 is 2.42 bits per heavy atom. The lowest BCUT2D eigenvalue weighted by atomic mass is 10.0. The Balaban J connectivity index is 2.06. The van der Waals surface area contributed by atoms with Crippen LogP contribution < -0.4 is 5.32 Å². The molecule has 24 heavy (non-hydrogen) atoms. The Hall–Kier alpha value is -2.27. The maximum atomic E-state index is 12.6. The molecule has 0 saturated carbocycles. The third-order valence-corrected chi connectivity index (χ3v) is 5.25. The van der Waals surface area contributed by atoms with Gasteiger partial charge in [-0.1, -0.05) is 35.9 Å². The summed E-state index contributed by atoms with van der Waals surface area (Å²) in [6.07, 6.45) is -0.872. The maximum absolute atomic E-state index is 12.6. The van der Waals surface area contributed by atoms with E-state index in [4.69, 9.17) is 4.74 Å². The number of fused-ring (bicyclic) bond motifs is 1. The van der Waals surface area contributed by atoms with Crippen molar-refractivity contribution in [2.24, 2.45) is 0 Å². The molecule has 1 aliphatic rings. The molecule has 1 amide bonds. The fourth-order valence-corrected chi connectivity index (χ4v) is 4.03. The van der Waals surface area contributed by atoms with Crippen molar-refractivity contribution >= 4 is 29.3 Å². The van der Waals surface area contributed by atoms with E-state index in [1.807, 2.05) is 56.3 Å². The van der Waals surface area contributed by atoms with Crippen LogP contribution in [0.15, 0.2) is 47.4 Å². The summed E-state index contributed by atoms with van der Waals surface area (Å²) in [4.78, 5) is 25.1. The van der Waals surface area contributed by atoms with E-state index in [2.05, 4.69) is 5.32 Å². The first-order valence-corrected chi connectivity index (χ1v) is 8.64. The van der Waals surface area contributed by atoms with Crippen molar-refractivity contribution in [3.05, 3.63) is 59.2 Å². The second kappa shape index (κ2) is 6.69. The largest absolute Gasteiger partial charge is 0.451 e. The molecular formula is C19H19NO3S. The van der Waals surface area contributed by atoms with Crippen LogP contribution in [0.5, 0.6) is 0 Å². The highest BCUT2D eigenvalue weighted by atomic mass is 32.2. The predicted octanol–water partition coefficient (Wildman–Crippen LogP) is 4.02. The number of hydrogen-bond acceptors (Lipinski definition) is 4. The number of nitrogens with one attached hydrogen (secondary N) is 1. The standard InChI is InChI=1S/C19H19NO3S/c1-11-4-7-14(8-5-11)18-17(23-13(3)21)19(22)20-15-9-6-12(2)10-16(15)24-18/h4-10,17-18H,1-3H3,(H,20,22)/t17-,18+/m1/s1. The zero-order valence-corrected chi connectivity index (χ0v) is 14.6. The lowest BCUT2D eigenvalue weighted by Crippen LogP contribution is -2.34. The number of rotatable bonds is 2. The van der Waals surface area contributed by atoms with Gasteiger partial charge in [0.15, 0.2) is 6.10 Å². The molecule has 4 nitrogen and oxygen atoms in total. The monoisotopic (exact) mass is 341 g/mol. The zero-order chi connectivity index (χ0) is 17.3. The molecule has 1 heterocycles. The molecule has 3 rings (SSSR count). The quantitative estimate of drug-likeness (QED) is 0.838. The minimum Gasteiger partial charge on any atom is -0.451 e. The van der Waals surface area contributed by atoms with Crippen LogP contribution in [0.1, 0.15) is 28.9 Å². The number of ether oxygens (including phenoxy) is 1. The van der Waals surface area contributed by atoms with Crippen molar-refractivity contribution in [3.63, 3.8) is 0 Å². The van der Waals surface area contributed by atoms with Gasteiger partial charge in [0.2, 0.25) is 0 Å². The number of anilines is 1. The van der Waals surface area contributed by atoms with Crippen molar-refractivity contribution in [1.82, 2.24) is 0 Å². The Morgan fingerprint density at radius 2 is 1.75 bits per heavy atom. The molecule has 0 aromatic heterocycles. The van der Waals surface area contributed by atoms with Gasteiger partial charge >= 0.3 is 5.97 Å². The van der Waals surface area contributed by atoms with Crippen LogP contribution in [0, 0.1) is 13.8 Å². The lowest BCUT2D eigenvalue weighted by Gasteiger charge is -2.23. The molecule has 2 aromatic rings. The first-order valence-electron chi connectivity index (χ1n) is 7.76. The predicted molar refractivity (Wildman–Crippen MR) is 95.1 cm³/mol. The van der Waals surface area contributed by atoms with Gasteiger partial charge in [-0.25, -0.2) is 0 Å². The fourth-order valence-electron chi connectivity index (χ4n) is 2.66. The van der Waals surface area contributed by atoms with Gasteiger partial charge in [-0.15, -0.1) is 11.8 Å². The summed E-state index contributed by atoms with van der Waals surface area (Å²) < 4.78 is 5.37. The van der Waals surface area contributed by atoms with Crippen LogP contribution in [0.4, 0.5) is 5.69 Å². The molecule has 0 radical (unpaired) electrons. The molecule has 2 aromatic carbocycles. The second-order valence-electron chi connectivity index (χ2n) is 5.97. The van der Waals surface area contributed by atoms with Gasteiger partial charge in [-0.05, 0) is 37.1 Å². The third kappa shape index (κ3) is 3.46. The first kappa shape index (κ1) is 16.6. The number of esters is 1. The normalized spacial score (nSPS) is 19.9. The number of benzene rings is 2. The van der Waals surface area contributed by atoms with E-state index in [1.54, 1.807) is 11.8 Å². The molecule has 124 valence electrons. The molecular weight excluding hydrogens is 322 g/mol. The lowest BCUT2D eigenvalue weighted by molar-refractivity contribution is -0.152. The van der Waals surface area contributed by atoms with Crippen LogP contribution in [0.25, 0.3) is 0 Å². The van der Waals surface area contributed by atoms with E-state index < -0.39 is 12.1 Å². The van der Waals surface area contributed by atoms with Gasteiger partial charge in [-0.2, -0.15) is 0 Å². The van der Waals surface area contributed by atoms with Crippen molar-refractivity contribution in [3.8, 4) is 0 Å². The van der Waals surface area contributed by atoms with Gasteiger partial charge in [0, 0.05) is 11.8 Å².